The SMILES string of the molecule is CCCC(N[C@H](C)c1cccc(F)c1)C(=O)OCC. The zero-order valence-corrected chi connectivity index (χ0v) is 11.8. The molecule has 0 fully saturated rings. The molecule has 0 aliphatic carbocycles. The Morgan fingerprint density at radius 1 is 1.42 bits per heavy atom. The monoisotopic (exact) mass is 267 g/mol. The quantitative estimate of drug-likeness (QED) is 0.771. The summed E-state index contributed by atoms with van der Waals surface area (Å²) in [6.07, 6.45) is 1.59. The predicted molar refractivity (Wildman–Crippen MR) is 73.3 cm³/mol. The Morgan fingerprint density at radius 2 is 2.16 bits per heavy atom. The normalized spacial score (nSPS) is 13.9. The Bertz CT molecular complexity index is 409. The summed E-state index contributed by atoms with van der Waals surface area (Å²) < 4.78 is 18.2. The van der Waals surface area contributed by atoms with Crippen molar-refractivity contribution in [2.24, 2.45) is 0 Å². The van der Waals surface area contributed by atoms with Crippen LogP contribution in [0.25, 0.3) is 0 Å². The number of hydrogen-bond acceptors (Lipinski definition) is 3. The molecule has 0 amide bonds. The van der Waals surface area contributed by atoms with Crippen molar-refractivity contribution in [1.29, 1.82) is 0 Å². The van der Waals surface area contributed by atoms with Crippen LogP contribution in [0.4, 0.5) is 4.39 Å². The molecule has 0 spiro atoms. The molecule has 1 aromatic rings. The van der Waals surface area contributed by atoms with Crippen LogP contribution in [-0.2, 0) is 9.53 Å². The first-order valence-electron chi connectivity index (χ1n) is 6.76. The van der Waals surface area contributed by atoms with E-state index in [1.54, 1.807) is 13.0 Å². The summed E-state index contributed by atoms with van der Waals surface area (Å²) in [6, 6.07) is 5.95. The third-order valence-electron chi connectivity index (χ3n) is 2.95. The van der Waals surface area contributed by atoms with E-state index in [-0.39, 0.29) is 23.9 Å². The second-order valence-corrected chi connectivity index (χ2v) is 4.54. The van der Waals surface area contributed by atoms with Crippen LogP contribution in [0, 0.1) is 5.82 Å². The highest BCUT2D eigenvalue weighted by Gasteiger charge is 2.21. The molecule has 0 saturated heterocycles. The van der Waals surface area contributed by atoms with Crippen molar-refractivity contribution in [3.05, 3.63) is 35.6 Å². The fourth-order valence-electron chi connectivity index (χ4n) is 1.97. The van der Waals surface area contributed by atoms with E-state index >= 15 is 0 Å². The van der Waals surface area contributed by atoms with Gasteiger partial charge in [0.1, 0.15) is 11.9 Å². The highest BCUT2D eigenvalue weighted by molar-refractivity contribution is 5.75. The fourth-order valence-corrected chi connectivity index (χ4v) is 1.97. The van der Waals surface area contributed by atoms with E-state index in [1.807, 2.05) is 19.9 Å². The van der Waals surface area contributed by atoms with Crippen molar-refractivity contribution in [3.8, 4) is 0 Å². The molecule has 1 aromatic carbocycles. The van der Waals surface area contributed by atoms with Crippen molar-refractivity contribution in [2.45, 2.75) is 45.7 Å². The van der Waals surface area contributed by atoms with E-state index in [0.717, 1.165) is 12.0 Å². The minimum Gasteiger partial charge on any atom is -0.465 e. The van der Waals surface area contributed by atoms with Gasteiger partial charge in [-0.05, 0) is 38.0 Å². The number of esters is 1. The Hall–Kier alpha value is -1.42. The van der Waals surface area contributed by atoms with Crippen LogP contribution in [0.2, 0.25) is 0 Å². The largest absolute Gasteiger partial charge is 0.465 e. The molecule has 0 aliphatic rings. The van der Waals surface area contributed by atoms with Gasteiger partial charge in [-0.1, -0.05) is 25.5 Å². The molecule has 0 heterocycles. The summed E-state index contributed by atoms with van der Waals surface area (Å²) in [5, 5.41) is 3.20. The first kappa shape index (κ1) is 15.6. The molecular weight excluding hydrogens is 245 g/mol. The molecule has 0 saturated carbocycles. The molecule has 106 valence electrons. The molecule has 19 heavy (non-hydrogen) atoms. The smallest absolute Gasteiger partial charge is 0.323 e. The van der Waals surface area contributed by atoms with Gasteiger partial charge in [0.15, 0.2) is 0 Å². The van der Waals surface area contributed by atoms with E-state index < -0.39 is 0 Å². The first-order valence-corrected chi connectivity index (χ1v) is 6.76. The number of nitrogens with one attached hydrogen (secondary N) is 1. The van der Waals surface area contributed by atoms with Gasteiger partial charge in [0, 0.05) is 6.04 Å². The molecular formula is C15H22FNO2. The molecule has 1 unspecified atom stereocenters. The number of hydrogen-bond donors (Lipinski definition) is 1. The number of rotatable bonds is 7. The zero-order valence-electron chi connectivity index (χ0n) is 11.8. The molecule has 1 N–H and O–H groups in total. The zero-order chi connectivity index (χ0) is 14.3. The topological polar surface area (TPSA) is 38.3 Å². The predicted octanol–water partition coefficient (Wildman–Crippen LogP) is 3.21. The highest BCUT2D eigenvalue weighted by atomic mass is 19.1. The summed E-state index contributed by atoms with van der Waals surface area (Å²) in [5.74, 6) is -0.512. The van der Waals surface area contributed by atoms with E-state index in [0.29, 0.717) is 13.0 Å². The lowest BCUT2D eigenvalue weighted by Crippen LogP contribution is -2.39. The van der Waals surface area contributed by atoms with Gasteiger partial charge in [-0.3, -0.25) is 10.1 Å². The maximum absolute atomic E-state index is 13.2. The van der Waals surface area contributed by atoms with Crippen molar-refractivity contribution in [1.82, 2.24) is 5.32 Å². The van der Waals surface area contributed by atoms with Crippen LogP contribution in [0.5, 0.6) is 0 Å². The van der Waals surface area contributed by atoms with Crippen LogP contribution in [-0.4, -0.2) is 18.6 Å². The molecule has 0 radical (unpaired) electrons. The molecule has 0 aliphatic heterocycles. The lowest BCUT2D eigenvalue weighted by molar-refractivity contribution is -0.146. The van der Waals surface area contributed by atoms with Crippen molar-refractivity contribution >= 4 is 5.97 Å². The van der Waals surface area contributed by atoms with Gasteiger partial charge >= 0.3 is 5.97 Å². The van der Waals surface area contributed by atoms with Crippen molar-refractivity contribution in [2.75, 3.05) is 6.61 Å². The van der Waals surface area contributed by atoms with Crippen LogP contribution in [0.1, 0.15) is 45.2 Å². The number of carbonyl (C=O) groups excluding carboxylic acids is 1. The molecule has 2 atom stereocenters. The number of halogens is 1. The van der Waals surface area contributed by atoms with E-state index in [1.165, 1.54) is 12.1 Å². The number of ether oxygens (including phenoxy) is 1. The lowest BCUT2D eigenvalue weighted by Gasteiger charge is -2.22. The van der Waals surface area contributed by atoms with E-state index in [2.05, 4.69) is 5.32 Å². The van der Waals surface area contributed by atoms with E-state index in [9.17, 15) is 9.18 Å². The van der Waals surface area contributed by atoms with Crippen LogP contribution >= 0.6 is 0 Å². The average molecular weight is 267 g/mol. The maximum Gasteiger partial charge on any atom is 0.323 e. The first-order chi connectivity index (χ1) is 9.08. The third kappa shape index (κ3) is 4.99. The minimum atomic E-state index is -0.344. The van der Waals surface area contributed by atoms with Gasteiger partial charge in [-0.15, -0.1) is 0 Å². The van der Waals surface area contributed by atoms with Crippen LogP contribution in [0.15, 0.2) is 24.3 Å². The Balaban J connectivity index is 2.70. The highest BCUT2D eigenvalue weighted by Crippen LogP contribution is 2.15. The maximum atomic E-state index is 13.2. The average Bonchev–Trinajstić information content (AvgIpc) is 2.38. The molecule has 0 aromatic heterocycles. The van der Waals surface area contributed by atoms with E-state index in [4.69, 9.17) is 4.74 Å². The second-order valence-electron chi connectivity index (χ2n) is 4.54. The Morgan fingerprint density at radius 3 is 2.74 bits per heavy atom. The van der Waals surface area contributed by atoms with Gasteiger partial charge in [0.2, 0.25) is 0 Å². The molecule has 3 nitrogen and oxygen atoms in total. The molecule has 1 rings (SSSR count). The summed E-state index contributed by atoms with van der Waals surface area (Å²) in [5.41, 5.74) is 0.824. The standard InChI is InChI=1S/C15H22FNO2/c1-4-7-14(15(18)19-5-2)17-11(3)12-8-6-9-13(16)10-12/h6,8-11,14,17H,4-5,7H2,1-3H3/t11-,14?/m1/s1. The number of carbonyl (C=O) groups is 1. The summed E-state index contributed by atoms with van der Waals surface area (Å²) in [4.78, 5) is 11.8. The lowest BCUT2D eigenvalue weighted by atomic mass is 10.1. The Kier molecular flexibility index (Phi) is 6.50. The fraction of sp³-hybridized carbons (Fsp3) is 0.533. The second kappa shape index (κ2) is 7.89. The summed E-state index contributed by atoms with van der Waals surface area (Å²) >= 11 is 0. The van der Waals surface area contributed by atoms with Gasteiger partial charge in [-0.25, -0.2) is 4.39 Å². The van der Waals surface area contributed by atoms with Gasteiger partial charge in [0.25, 0.3) is 0 Å². The Labute approximate surface area is 114 Å². The molecule has 4 heteroatoms. The molecule has 0 bridgehead atoms. The minimum absolute atomic E-state index is 0.100. The van der Waals surface area contributed by atoms with Crippen molar-refractivity contribution in [3.63, 3.8) is 0 Å². The summed E-state index contributed by atoms with van der Waals surface area (Å²) in [7, 11) is 0. The number of benzene rings is 1. The van der Waals surface area contributed by atoms with Crippen LogP contribution in [0.3, 0.4) is 0 Å². The van der Waals surface area contributed by atoms with Gasteiger partial charge in [0.05, 0.1) is 6.61 Å². The van der Waals surface area contributed by atoms with Gasteiger partial charge in [-0.2, -0.15) is 0 Å². The van der Waals surface area contributed by atoms with Crippen LogP contribution < -0.4 is 5.32 Å². The van der Waals surface area contributed by atoms with Gasteiger partial charge < -0.3 is 4.74 Å². The van der Waals surface area contributed by atoms with Crippen molar-refractivity contribution < 1.29 is 13.9 Å². The third-order valence-corrected chi connectivity index (χ3v) is 2.95. The summed E-state index contributed by atoms with van der Waals surface area (Å²) in [6.45, 7) is 6.09.